The molecule has 0 radical (unpaired) electrons. The number of aryl methyl sites for hydroxylation is 1. The average Bonchev–Trinajstić information content (AvgIpc) is 2.36. The number of carbonyl (C=O) groups is 1. The van der Waals surface area contributed by atoms with E-state index in [1.54, 1.807) is 13.0 Å². The van der Waals surface area contributed by atoms with Crippen LogP contribution in [-0.2, 0) is 0 Å². The van der Waals surface area contributed by atoms with Gasteiger partial charge >= 0.3 is 5.97 Å². The molecule has 1 N–H and O–H groups in total. The lowest BCUT2D eigenvalue weighted by atomic mass is 10.1. The fraction of sp³-hybridized carbons (Fsp3) is 0.0833. The average molecular weight is 299 g/mol. The second kappa shape index (κ2) is 5.42. The Morgan fingerprint density at radius 3 is 2.58 bits per heavy atom. The van der Waals surface area contributed by atoms with Gasteiger partial charge < -0.3 is 9.84 Å². The summed E-state index contributed by atoms with van der Waals surface area (Å²) < 4.78 is 5.54. The summed E-state index contributed by atoms with van der Waals surface area (Å²) in [4.78, 5) is 10.8. The summed E-state index contributed by atoms with van der Waals surface area (Å²) in [5.74, 6) is -0.273. The number of carboxylic acids is 1. The molecule has 0 fully saturated rings. The lowest BCUT2D eigenvalue weighted by Crippen LogP contribution is -1.98. The molecular formula is C12H8Cl2N2O3. The molecule has 2 aromatic rings. The number of halogens is 2. The Kier molecular flexibility index (Phi) is 3.87. The van der Waals surface area contributed by atoms with Gasteiger partial charge in [-0.25, -0.2) is 4.79 Å². The third-order valence-corrected chi connectivity index (χ3v) is 2.78. The number of benzene rings is 1. The zero-order valence-corrected chi connectivity index (χ0v) is 11.2. The molecule has 1 aromatic heterocycles. The Hall–Kier alpha value is -1.85. The van der Waals surface area contributed by atoms with Gasteiger partial charge in [-0.3, -0.25) is 0 Å². The molecule has 0 saturated heterocycles. The third kappa shape index (κ3) is 3.13. The molecule has 0 aliphatic rings. The van der Waals surface area contributed by atoms with Crippen LogP contribution in [0, 0.1) is 6.92 Å². The molecule has 98 valence electrons. The Morgan fingerprint density at radius 1 is 1.21 bits per heavy atom. The van der Waals surface area contributed by atoms with Crippen LogP contribution in [-0.4, -0.2) is 21.3 Å². The van der Waals surface area contributed by atoms with E-state index in [2.05, 4.69) is 10.2 Å². The molecule has 0 aliphatic carbocycles. The van der Waals surface area contributed by atoms with Crippen molar-refractivity contribution >= 4 is 29.2 Å². The van der Waals surface area contributed by atoms with E-state index in [9.17, 15) is 4.79 Å². The van der Waals surface area contributed by atoms with Crippen LogP contribution in [0.4, 0.5) is 0 Å². The molecule has 0 aliphatic heterocycles. The van der Waals surface area contributed by atoms with Crippen molar-refractivity contribution < 1.29 is 14.6 Å². The van der Waals surface area contributed by atoms with Crippen molar-refractivity contribution in [2.75, 3.05) is 0 Å². The summed E-state index contributed by atoms with van der Waals surface area (Å²) in [5, 5.41) is 16.3. The maximum atomic E-state index is 10.8. The van der Waals surface area contributed by atoms with E-state index in [0.717, 1.165) is 0 Å². The predicted molar refractivity (Wildman–Crippen MR) is 70.3 cm³/mol. The second-order valence-electron chi connectivity index (χ2n) is 3.71. The van der Waals surface area contributed by atoms with Crippen LogP contribution in [0.1, 0.15) is 15.9 Å². The van der Waals surface area contributed by atoms with E-state index < -0.39 is 5.97 Å². The van der Waals surface area contributed by atoms with Crippen molar-refractivity contribution in [2.24, 2.45) is 0 Å². The number of rotatable bonds is 3. The van der Waals surface area contributed by atoms with Gasteiger partial charge in [0.2, 0.25) is 0 Å². The SMILES string of the molecule is Cc1cc(C(=O)O)ccc1Oc1cc(Cl)nnc1Cl. The quantitative estimate of drug-likeness (QED) is 0.937. The largest absolute Gasteiger partial charge is 0.478 e. The third-order valence-electron chi connectivity index (χ3n) is 2.33. The highest BCUT2D eigenvalue weighted by atomic mass is 35.5. The van der Waals surface area contributed by atoms with Crippen LogP contribution in [0.5, 0.6) is 11.5 Å². The number of hydrogen-bond donors (Lipinski definition) is 1. The summed E-state index contributed by atoms with van der Waals surface area (Å²) in [5.41, 5.74) is 0.839. The van der Waals surface area contributed by atoms with Gasteiger partial charge in [0, 0.05) is 6.07 Å². The number of carboxylic acid groups (broad SMARTS) is 1. The second-order valence-corrected chi connectivity index (χ2v) is 4.45. The summed E-state index contributed by atoms with van der Waals surface area (Å²) in [7, 11) is 0. The molecule has 7 heteroatoms. The highest BCUT2D eigenvalue weighted by Crippen LogP contribution is 2.31. The van der Waals surface area contributed by atoms with Gasteiger partial charge in [-0.05, 0) is 30.7 Å². The molecule has 19 heavy (non-hydrogen) atoms. The molecule has 1 heterocycles. The summed E-state index contributed by atoms with van der Waals surface area (Å²) in [6.07, 6.45) is 0. The first-order valence-corrected chi connectivity index (χ1v) is 5.93. The monoisotopic (exact) mass is 298 g/mol. The molecule has 0 saturated carbocycles. The summed E-state index contributed by atoms with van der Waals surface area (Å²) in [6.45, 7) is 1.73. The van der Waals surface area contributed by atoms with E-state index in [4.69, 9.17) is 33.0 Å². The molecule has 2 rings (SSSR count). The smallest absolute Gasteiger partial charge is 0.335 e. The van der Waals surface area contributed by atoms with Crippen LogP contribution < -0.4 is 4.74 Å². The molecule has 5 nitrogen and oxygen atoms in total. The molecule has 0 spiro atoms. The number of aromatic nitrogens is 2. The van der Waals surface area contributed by atoms with Crippen LogP contribution in [0.3, 0.4) is 0 Å². The number of nitrogens with zero attached hydrogens (tertiary/aromatic N) is 2. The highest BCUT2D eigenvalue weighted by molar-refractivity contribution is 6.32. The summed E-state index contributed by atoms with van der Waals surface area (Å²) in [6, 6.07) is 5.92. The van der Waals surface area contributed by atoms with Crippen molar-refractivity contribution in [2.45, 2.75) is 6.92 Å². The number of ether oxygens (including phenoxy) is 1. The molecular weight excluding hydrogens is 291 g/mol. The Bertz CT molecular complexity index is 647. The molecule has 0 amide bonds. The lowest BCUT2D eigenvalue weighted by Gasteiger charge is -2.09. The maximum Gasteiger partial charge on any atom is 0.335 e. The Labute approximate surface area is 118 Å². The van der Waals surface area contributed by atoms with E-state index in [1.807, 2.05) is 0 Å². The van der Waals surface area contributed by atoms with Gasteiger partial charge in [-0.2, -0.15) is 0 Å². The van der Waals surface area contributed by atoms with Gasteiger partial charge in [0.1, 0.15) is 5.75 Å². The minimum absolute atomic E-state index is 0.0751. The molecule has 0 atom stereocenters. The van der Waals surface area contributed by atoms with Crippen LogP contribution in [0.15, 0.2) is 24.3 Å². The first kappa shape index (κ1) is 13.6. The Balaban J connectivity index is 2.33. The van der Waals surface area contributed by atoms with Crippen molar-refractivity contribution in [3.05, 3.63) is 45.7 Å². The minimum atomic E-state index is -0.999. The fourth-order valence-electron chi connectivity index (χ4n) is 1.42. The fourth-order valence-corrected chi connectivity index (χ4v) is 1.69. The van der Waals surface area contributed by atoms with Crippen molar-refractivity contribution in [1.82, 2.24) is 10.2 Å². The highest BCUT2D eigenvalue weighted by Gasteiger charge is 2.10. The van der Waals surface area contributed by atoms with Crippen LogP contribution >= 0.6 is 23.2 Å². The zero-order chi connectivity index (χ0) is 14.0. The first-order chi connectivity index (χ1) is 8.97. The van der Waals surface area contributed by atoms with Gasteiger partial charge in [-0.1, -0.05) is 23.2 Å². The first-order valence-electron chi connectivity index (χ1n) is 5.18. The molecule has 0 bridgehead atoms. The van der Waals surface area contributed by atoms with Crippen molar-refractivity contribution in [3.63, 3.8) is 0 Å². The normalized spacial score (nSPS) is 10.3. The zero-order valence-electron chi connectivity index (χ0n) is 9.72. The van der Waals surface area contributed by atoms with E-state index >= 15 is 0 Å². The summed E-state index contributed by atoms with van der Waals surface area (Å²) >= 11 is 11.5. The predicted octanol–water partition coefficient (Wildman–Crippen LogP) is 3.58. The van der Waals surface area contributed by atoms with Crippen molar-refractivity contribution in [1.29, 1.82) is 0 Å². The van der Waals surface area contributed by atoms with Gasteiger partial charge in [0.05, 0.1) is 5.56 Å². The van der Waals surface area contributed by atoms with Gasteiger partial charge in [0.25, 0.3) is 0 Å². The Morgan fingerprint density at radius 2 is 1.95 bits per heavy atom. The maximum absolute atomic E-state index is 10.8. The standard InChI is InChI=1S/C12H8Cl2N2O3/c1-6-4-7(12(17)18)2-3-8(6)19-9-5-10(13)15-16-11(9)14/h2-5H,1H3,(H,17,18). The van der Waals surface area contributed by atoms with Crippen LogP contribution in [0.25, 0.3) is 0 Å². The topological polar surface area (TPSA) is 72.3 Å². The molecule has 0 unspecified atom stereocenters. The van der Waals surface area contributed by atoms with E-state index in [1.165, 1.54) is 18.2 Å². The minimum Gasteiger partial charge on any atom is -0.478 e. The van der Waals surface area contributed by atoms with E-state index in [-0.39, 0.29) is 21.6 Å². The van der Waals surface area contributed by atoms with Gasteiger partial charge in [0.15, 0.2) is 16.1 Å². The van der Waals surface area contributed by atoms with Gasteiger partial charge in [-0.15, -0.1) is 10.2 Å². The lowest BCUT2D eigenvalue weighted by molar-refractivity contribution is 0.0697. The van der Waals surface area contributed by atoms with Crippen molar-refractivity contribution in [3.8, 4) is 11.5 Å². The number of aromatic carboxylic acids is 1. The van der Waals surface area contributed by atoms with E-state index in [0.29, 0.717) is 11.3 Å². The molecule has 1 aromatic carbocycles. The number of hydrogen-bond acceptors (Lipinski definition) is 4. The van der Waals surface area contributed by atoms with Crippen LogP contribution in [0.2, 0.25) is 10.3 Å².